The molecular formula is C17H15ClN2O3S. The molecule has 0 atom stereocenters. The molecule has 124 valence electrons. The Morgan fingerprint density at radius 2 is 1.62 bits per heavy atom. The number of hydrogen-bond donors (Lipinski definition) is 2. The van der Waals surface area contributed by atoms with Crippen LogP contribution in [0.1, 0.15) is 5.69 Å². The lowest BCUT2D eigenvalue weighted by Crippen LogP contribution is -1.96. The number of H-pyrrole nitrogens is 1. The molecule has 0 bridgehead atoms. The topological polar surface area (TPSA) is 83.0 Å². The number of aliphatic hydroxyl groups excluding tert-OH is 1. The Labute approximate surface area is 144 Å². The molecule has 0 aliphatic heterocycles. The Bertz CT molecular complexity index is 962. The van der Waals surface area contributed by atoms with Gasteiger partial charge in [0.25, 0.3) is 0 Å². The molecule has 3 rings (SSSR count). The summed E-state index contributed by atoms with van der Waals surface area (Å²) in [6, 6.07) is 13.8. The third-order valence-corrected chi connectivity index (χ3v) is 5.08. The van der Waals surface area contributed by atoms with Crippen LogP contribution >= 0.6 is 11.6 Å². The minimum atomic E-state index is -3.25. The van der Waals surface area contributed by atoms with Crippen molar-refractivity contribution in [3.8, 4) is 22.4 Å². The fourth-order valence-electron chi connectivity index (χ4n) is 2.50. The van der Waals surface area contributed by atoms with Gasteiger partial charge in [-0.2, -0.15) is 5.10 Å². The lowest BCUT2D eigenvalue weighted by atomic mass is 9.99. The van der Waals surface area contributed by atoms with Gasteiger partial charge in [0.2, 0.25) is 0 Å². The number of halogens is 1. The summed E-state index contributed by atoms with van der Waals surface area (Å²) in [5, 5.41) is 17.3. The van der Waals surface area contributed by atoms with E-state index < -0.39 is 9.84 Å². The maximum absolute atomic E-state index is 11.6. The van der Waals surface area contributed by atoms with Crippen LogP contribution in [0.4, 0.5) is 0 Å². The SMILES string of the molecule is CS(=O)(=O)c1ccc(-c2[nH]nc(CO)c2-c2ccc(Cl)cc2)cc1. The average molecular weight is 363 g/mol. The lowest BCUT2D eigenvalue weighted by Gasteiger charge is -2.07. The number of hydrogen-bond acceptors (Lipinski definition) is 4. The number of nitrogens with zero attached hydrogens (tertiary/aromatic N) is 1. The van der Waals surface area contributed by atoms with Gasteiger partial charge < -0.3 is 5.11 Å². The van der Waals surface area contributed by atoms with Crippen LogP contribution < -0.4 is 0 Å². The third-order valence-electron chi connectivity index (χ3n) is 3.70. The molecule has 1 heterocycles. The van der Waals surface area contributed by atoms with Gasteiger partial charge in [-0.3, -0.25) is 5.10 Å². The van der Waals surface area contributed by atoms with Crippen LogP contribution in [0.5, 0.6) is 0 Å². The number of aliphatic hydroxyl groups is 1. The first-order valence-electron chi connectivity index (χ1n) is 7.14. The summed E-state index contributed by atoms with van der Waals surface area (Å²) >= 11 is 5.93. The van der Waals surface area contributed by atoms with Crippen molar-refractivity contribution in [1.29, 1.82) is 0 Å². The standard InChI is InChI=1S/C17H15ClN2O3S/c1-24(22,23)14-8-4-12(5-9-14)17-16(15(10-21)19-20-17)11-2-6-13(18)7-3-11/h2-9,21H,10H2,1H3,(H,19,20). The van der Waals surface area contributed by atoms with Crippen LogP contribution in [-0.2, 0) is 16.4 Å². The number of rotatable bonds is 4. The highest BCUT2D eigenvalue weighted by Gasteiger charge is 2.17. The molecule has 2 N–H and O–H groups in total. The van der Waals surface area contributed by atoms with Gasteiger partial charge in [0.15, 0.2) is 9.84 Å². The van der Waals surface area contributed by atoms with Crippen LogP contribution in [-0.4, -0.2) is 30.0 Å². The van der Waals surface area contributed by atoms with Gasteiger partial charge in [0.1, 0.15) is 0 Å². The fourth-order valence-corrected chi connectivity index (χ4v) is 3.26. The molecule has 1 aromatic heterocycles. The van der Waals surface area contributed by atoms with Crippen molar-refractivity contribution >= 4 is 21.4 Å². The second kappa shape index (κ2) is 6.39. The summed E-state index contributed by atoms with van der Waals surface area (Å²) in [6.45, 7) is -0.212. The minimum Gasteiger partial charge on any atom is -0.390 e. The van der Waals surface area contributed by atoms with Crippen molar-refractivity contribution in [3.05, 3.63) is 59.2 Å². The molecule has 2 aromatic carbocycles. The predicted octanol–water partition coefficient (Wildman–Crippen LogP) is 3.29. The van der Waals surface area contributed by atoms with Gasteiger partial charge in [-0.25, -0.2) is 8.42 Å². The Kier molecular flexibility index (Phi) is 4.45. The zero-order chi connectivity index (χ0) is 17.3. The number of benzene rings is 2. The van der Waals surface area contributed by atoms with Crippen LogP contribution in [0, 0.1) is 0 Å². The zero-order valence-corrected chi connectivity index (χ0v) is 14.4. The quantitative estimate of drug-likeness (QED) is 0.746. The molecule has 0 spiro atoms. The van der Waals surface area contributed by atoms with E-state index >= 15 is 0 Å². The normalized spacial score (nSPS) is 11.6. The van der Waals surface area contributed by atoms with E-state index in [-0.39, 0.29) is 11.5 Å². The largest absolute Gasteiger partial charge is 0.390 e. The van der Waals surface area contributed by atoms with E-state index in [1.54, 1.807) is 36.4 Å². The number of nitrogens with one attached hydrogen (secondary N) is 1. The number of aromatic nitrogens is 2. The van der Waals surface area contributed by atoms with Crippen LogP contribution in [0.3, 0.4) is 0 Å². The second-order valence-corrected chi connectivity index (χ2v) is 7.83. The highest BCUT2D eigenvalue weighted by atomic mass is 35.5. The second-order valence-electron chi connectivity index (χ2n) is 5.38. The first-order valence-corrected chi connectivity index (χ1v) is 9.41. The zero-order valence-electron chi connectivity index (χ0n) is 12.8. The van der Waals surface area contributed by atoms with Crippen molar-refractivity contribution in [2.75, 3.05) is 6.26 Å². The monoisotopic (exact) mass is 362 g/mol. The molecule has 0 saturated carbocycles. The van der Waals surface area contributed by atoms with Crippen LogP contribution in [0.2, 0.25) is 5.02 Å². The average Bonchev–Trinajstić information content (AvgIpc) is 2.99. The molecule has 7 heteroatoms. The first kappa shape index (κ1) is 16.7. The van der Waals surface area contributed by atoms with E-state index in [1.807, 2.05) is 12.1 Å². The summed E-state index contributed by atoms with van der Waals surface area (Å²) in [7, 11) is -3.25. The van der Waals surface area contributed by atoms with Crippen molar-refractivity contribution in [3.63, 3.8) is 0 Å². The van der Waals surface area contributed by atoms with Crippen LogP contribution in [0.15, 0.2) is 53.4 Å². The van der Waals surface area contributed by atoms with Crippen molar-refractivity contribution in [2.45, 2.75) is 11.5 Å². The highest BCUT2D eigenvalue weighted by Crippen LogP contribution is 2.34. The van der Waals surface area contributed by atoms with E-state index in [9.17, 15) is 13.5 Å². The highest BCUT2D eigenvalue weighted by molar-refractivity contribution is 7.90. The number of sulfone groups is 1. The first-order chi connectivity index (χ1) is 11.4. The van der Waals surface area contributed by atoms with Gasteiger partial charge in [0.05, 0.1) is 22.9 Å². The molecule has 0 fully saturated rings. The molecule has 3 aromatic rings. The lowest BCUT2D eigenvalue weighted by molar-refractivity contribution is 0.277. The number of aromatic amines is 1. The minimum absolute atomic E-state index is 0.212. The van der Waals surface area contributed by atoms with E-state index in [4.69, 9.17) is 11.6 Å². The predicted molar refractivity (Wildman–Crippen MR) is 93.5 cm³/mol. The van der Waals surface area contributed by atoms with Crippen molar-refractivity contribution < 1.29 is 13.5 Å². The molecule has 5 nitrogen and oxygen atoms in total. The van der Waals surface area contributed by atoms with Gasteiger partial charge in [-0.05, 0) is 29.8 Å². The Hall–Kier alpha value is -2.15. The van der Waals surface area contributed by atoms with Crippen LogP contribution in [0.25, 0.3) is 22.4 Å². The molecule has 0 aliphatic carbocycles. The summed E-state index contributed by atoms with van der Waals surface area (Å²) in [5.74, 6) is 0. The third kappa shape index (κ3) is 3.21. The van der Waals surface area contributed by atoms with Gasteiger partial charge in [-0.1, -0.05) is 35.9 Å². The molecular weight excluding hydrogens is 348 g/mol. The van der Waals surface area contributed by atoms with Gasteiger partial charge in [-0.15, -0.1) is 0 Å². The molecule has 0 aliphatic rings. The van der Waals surface area contributed by atoms with E-state index in [0.29, 0.717) is 16.4 Å². The Balaban J connectivity index is 2.12. The Morgan fingerprint density at radius 1 is 1.04 bits per heavy atom. The van der Waals surface area contributed by atoms with E-state index in [1.165, 1.54) is 6.26 Å². The smallest absolute Gasteiger partial charge is 0.175 e. The van der Waals surface area contributed by atoms with Gasteiger partial charge >= 0.3 is 0 Å². The molecule has 0 saturated heterocycles. The van der Waals surface area contributed by atoms with Crippen molar-refractivity contribution in [2.24, 2.45) is 0 Å². The molecule has 24 heavy (non-hydrogen) atoms. The van der Waals surface area contributed by atoms with Gasteiger partial charge in [0, 0.05) is 22.4 Å². The van der Waals surface area contributed by atoms with Crippen molar-refractivity contribution in [1.82, 2.24) is 10.2 Å². The molecule has 0 radical (unpaired) electrons. The Morgan fingerprint density at radius 3 is 2.17 bits per heavy atom. The maximum Gasteiger partial charge on any atom is 0.175 e. The summed E-state index contributed by atoms with van der Waals surface area (Å²) < 4.78 is 23.2. The summed E-state index contributed by atoms with van der Waals surface area (Å²) in [5.41, 5.74) is 3.63. The molecule has 0 amide bonds. The van der Waals surface area contributed by atoms with E-state index in [2.05, 4.69) is 10.2 Å². The van der Waals surface area contributed by atoms with E-state index in [0.717, 1.165) is 16.7 Å². The summed E-state index contributed by atoms with van der Waals surface area (Å²) in [4.78, 5) is 0.251. The fraction of sp³-hybridized carbons (Fsp3) is 0.118. The maximum atomic E-state index is 11.6. The summed E-state index contributed by atoms with van der Waals surface area (Å²) in [6.07, 6.45) is 1.17. The molecule has 0 unspecified atom stereocenters.